The van der Waals surface area contributed by atoms with Crippen molar-refractivity contribution in [2.75, 3.05) is 33.3 Å². The zero-order valence-corrected chi connectivity index (χ0v) is 14.8. The van der Waals surface area contributed by atoms with Crippen LogP contribution in [0, 0.1) is 0 Å². The highest BCUT2D eigenvalue weighted by atomic mass is 16.5. The first kappa shape index (κ1) is 17.9. The van der Waals surface area contributed by atoms with E-state index in [1.54, 1.807) is 0 Å². The molecule has 2 heterocycles. The Bertz CT molecular complexity index is 622. The van der Waals surface area contributed by atoms with Gasteiger partial charge in [0.25, 0.3) is 0 Å². The molecule has 2 amide bonds. The number of hydrogen-bond acceptors (Lipinski definition) is 4. The molecule has 0 aromatic heterocycles. The van der Waals surface area contributed by atoms with Gasteiger partial charge in [0.15, 0.2) is 0 Å². The summed E-state index contributed by atoms with van der Waals surface area (Å²) in [6, 6.07) is 10.0. The van der Waals surface area contributed by atoms with Gasteiger partial charge in [0.05, 0.1) is 5.54 Å². The van der Waals surface area contributed by atoms with Crippen LogP contribution in [0.1, 0.15) is 31.2 Å². The number of hydrogen-bond donors (Lipinski definition) is 1. The average Bonchev–Trinajstić information content (AvgIpc) is 2.65. The molecule has 6 heteroatoms. The quantitative estimate of drug-likeness (QED) is 0.811. The molecule has 0 radical (unpaired) electrons. The van der Waals surface area contributed by atoms with Gasteiger partial charge in [-0.25, -0.2) is 0 Å². The fourth-order valence-electron chi connectivity index (χ4n) is 4.03. The molecule has 0 bridgehead atoms. The SMILES string of the molecule is CN1C(=O)CO[C@@H]2CN(C(=O)CCCCN)CC[C@]21c1ccccc1. The predicted octanol–water partition coefficient (Wildman–Crippen LogP) is 1.10. The van der Waals surface area contributed by atoms with Gasteiger partial charge in [-0.1, -0.05) is 30.3 Å². The van der Waals surface area contributed by atoms with Gasteiger partial charge in [0, 0.05) is 26.6 Å². The second-order valence-electron chi connectivity index (χ2n) is 6.88. The summed E-state index contributed by atoms with van der Waals surface area (Å²) in [5, 5.41) is 0. The zero-order chi connectivity index (χ0) is 17.9. The van der Waals surface area contributed by atoms with Crippen LogP contribution in [0.5, 0.6) is 0 Å². The number of carbonyl (C=O) groups excluding carboxylic acids is 2. The number of rotatable bonds is 5. The number of likely N-dealkylation sites (N-methyl/N-ethyl adjacent to an activating group) is 1. The van der Waals surface area contributed by atoms with Gasteiger partial charge in [-0.3, -0.25) is 9.59 Å². The first-order valence-corrected chi connectivity index (χ1v) is 9.01. The van der Waals surface area contributed by atoms with Crippen molar-refractivity contribution in [1.29, 1.82) is 0 Å². The maximum Gasteiger partial charge on any atom is 0.249 e. The molecule has 0 unspecified atom stereocenters. The van der Waals surface area contributed by atoms with Gasteiger partial charge < -0.3 is 20.3 Å². The summed E-state index contributed by atoms with van der Waals surface area (Å²) in [5.41, 5.74) is 6.09. The molecule has 25 heavy (non-hydrogen) atoms. The number of amides is 2. The standard InChI is InChI=1S/C19H27N3O3/c1-21-18(24)14-25-16-13-22(17(23)9-5-6-11-20)12-10-19(16,21)15-7-3-2-4-8-15/h2-4,7-8,16H,5-6,9-14,20H2,1H3/t16-,19+/m1/s1. The fraction of sp³-hybridized carbons (Fsp3) is 0.579. The minimum absolute atomic E-state index is 0.0113. The summed E-state index contributed by atoms with van der Waals surface area (Å²) in [6.07, 6.45) is 2.69. The Hall–Kier alpha value is -1.92. The predicted molar refractivity (Wildman–Crippen MR) is 94.7 cm³/mol. The molecule has 1 aromatic carbocycles. The van der Waals surface area contributed by atoms with E-state index in [1.807, 2.05) is 47.2 Å². The Balaban J connectivity index is 1.81. The number of morpholine rings is 1. The normalized spacial score (nSPS) is 26.5. The molecule has 6 nitrogen and oxygen atoms in total. The molecule has 0 aliphatic carbocycles. The van der Waals surface area contributed by atoms with Crippen LogP contribution in [-0.2, 0) is 19.9 Å². The number of nitrogens with two attached hydrogens (primary N) is 1. The van der Waals surface area contributed by atoms with Crippen LogP contribution in [0.15, 0.2) is 30.3 Å². The minimum Gasteiger partial charge on any atom is -0.364 e. The van der Waals surface area contributed by atoms with Crippen molar-refractivity contribution in [1.82, 2.24) is 9.80 Å². The van der Waals surface area contributed by atoms with E-state index < -0.39 is 5.54 Å². The molecule has 3 rings (SSSR count). The lowest BCUT2D eigenvalue weighted by Gasteiger charge is -2.54. The molecular weight excluding hydrogens is 318 g/mol. The van der Waals surface area contributed by atoms with Crippen molar-refractivity contribution < 1.29 is 14.3 Å². The molecular formula is C19H27N3O3. The second kappa shape index (κ2) is 7.54. The third-order valence-corrected chi connectivity index (χ3v) is 5.53. The maximum absolute atomic E-state index is 12.5. The number of unbranched alkanes of at least 4 members (excludes halogenated alkanes) is 1. The largest absolute Gasteiger partial charge is 0.364 e. The van der Waals surface area contributed by atoms with E-state index in [0.717, 1.165) is 18.4 Å². The van der Waals surface area contributed by atoms with Crippen LogP contribution < -0.4 is 5.73 Å². The molecule has 2 fully saturated rings. The van der Waals surface area contributed by atoms with E-state index in [-0.39, 0.29) is 24.5 Å². The van der Waals surface area contributed by atoms with Crippen LogP contribution >= 0.6 is 0 Å². The molecule has 1 aromatic rings. The Labute approximate surface area is 148 Å². The monoisotopic (exact) mass is 345 g/mol. The van der Waals surface area contributed by atoms with Gasteiger partial charge in [0.1, 0.15) is 12.7 Å². The van der Waals surface area contributed by atoms with E-state index in [1.165, 1.54) is 0 Å². The Morgan fingerprint density at radius 3 is 2.80 bits per heavy atom. The molecule has 0 saturated carbocycles. The van der Waals surface area contributed by atoms with Crippen molar-refractivity contribution in [3.63, 3.8) is 0 Å². The second-order valence-corrected chi connectivity index (χ2v) is 6.88. The van der Waals surface area contributed by atoms with Crippen LogP contribution in [0.25, 0.3) is 0 Å². The maximum atomic E-state index is 12.5. The smallest absolute Gasteiger partial charge is 0.249 e. The molecule has 2 N–H and O–H groups in total. The van der Waals surface area contributed by atoms with Gasteiger partial charge in [-0.15, -0.1) is 0 Å². The third kappa shape index (κ3) is 3.28. The fourth-order valence-corrected chi connectivity index (χ4v) is 4.03. The third-order valence-electron chi connectivity index (χ3n) is 5.53. The van der Waals surface area contributed by atoms with Gasteiger partial charge in [0.2, 0.25) is 11.8 Å². The van der Waals surface area contributed by atoms with E-state index in [0.29, 0.717) is 32.5 Å². The summed E-state index contributed by atoms with van der Waals surface area (Å²) in [4.78, 5) is 28.5. The zero-order valence-electron chi connectivity index (χ0n) is 14.8. The van der Waals surface area contributed by atoms with Gasteiger partial charge in [-0.2, -0.15) is 0 Å². The number of fused-ring (bicyclic) bond motifs is 1. The van der Waals surface area contributed by atoms with Crippen molar-refractivity contribution >= 4 is 11.8 Å². The van der Waals surface area contributed by atoms with Crippen molar-refractivity contribution in [2.45, 2.75) is 37.3 Å². The van der Waals surface area contributed by atoms with E-state index >= 15 is 0 Å². The molecule has 136 valence electrons. The van der Waals surface area contributed by atoms with Gasteiger partial charge >= 0.3 is 0 Å². The highest BCUT2D eigenvalue weighted by Crippen LogP contribution is 2.42. The van der Waals surface area contributed by atoms with Crippen molar-refractivity contribution in [3.05, 3.63) is 35.9 Å². The number of nitrogens with zero attached hydrogens (tertiary/aromatic N) is 2. The molecule has 2 saturated heterocycles. The van der Waals surface area contributed by atoms with E-state index in [4.69, 9.17) is 10.5 Å². The number of benzene rings is 1. The number of carbonyl (C=O) groups is 2. The molecule has 2 aliphatic heterocycles. The molecule has 0 spiro atoms. The van der Waals surface area contributed by atoms with Crippen molar-refractivity contribution in [2.24, 2.45) is 5.73 Å². The lowest BCUT2D eigenvalue weighted by atomic mass is 9.76. The number of piperidine rings is 1. The lowest BCUT2D eigenvalue weighted by molar-refractivity contribution is -0.184. The first-order valence-electron chi connectivity index (χ1n) is 9.01. The van der Waals surface area contributed by atoms with E-state index in [2.05, 4.69) is 0 Å². The van der Waals surface area contributed by atoms with E-state index in [9.17, 15) is 9.59 Å². The first-order chi connectivity index (χ1) is 12.1. The number of likely N-dealkylation sites (tertiary alicyclic amines) is 1. The average molecular weight is 345 g/mol. The van der Waals surface area contributed by atoms with Gasteiger partial charge in [-0.05, 0) is 31.4 Å². The Morgan fingerprint density at radius 2 is 2.08 bits per heavy atom. The summed E-state index contributed by atoms with van der Waals surface area (Å²) in [6.45, 7) is 1.84. The highest BCUT2D eigenvalue weighted by Gasteiger charge is 2.53. The summed E-state index contributed by atoms with van der Waals surface area (Å²) < 4.78 is 5.92. The topological polar surface area (TPSA) is 75.9 Å². The molecule has 2 aliphatic rings. The van der Waals surface area contributed by atoms with Crippen molar-refractivity contribution in [3.8, 4) is 0 Å². The summed E-state index contributed by atoms with van der Waals surface area (Å²) in [5.74, 6) is 0.140. The Morgan fingerprint density at radius 1 is 1.32 bits per heavy atom. The minimum atomic E-state index is -0.495. The summed E-state index contributed by atoms with van der Waals surface area (Å²) >= 11 is 0. The Kier molecular flexibility index (Phi) is 5.39. The van der Waals surface area contributed by atoms with Crippen LogP contribution in [0.2, 0.25) is 0 Å². The summed E-state index contributed by atoms with van der Waals surface area (Å²) in [7, 11) is 1.85. The highest BCUT2D eigenvalue weighted by molar-refractivity contribution is 5.80. The van der Waals surface area contributed by atoms with Crippen LogP contribution in [-0.4, -0.2) is 61.0 Å². The lowest BCUT2D eigenvalue weighted by Crippen LogP contribution is -2.67. The van der Waals surface area contributed by atoms with Crippen LogP contribution in [0.4, 0.5) is 0 Å². The number of ether oxygens (including phenoxy) is 1. The molecule has 2 atom stereocenters. The van der Waals surface area contributed by atoms with Crippen LogP contribution in [0.3, 0.4) is 0 Å².